The third-order valence-corrected chi connectivity index (χ3v) is 5.81. The summed E-state index contributed by atoms with van der Waals surface area (Å²) in [5, 5.41) is 10.9. The molecular formula is C26H29N3O5. The Kier molecular flexibility index (Phi) is 8.56. The SMILES string of the molecule is CCC(C)N(CC(=O)N(CCc1ccccc1)Cc1ccco1)C(=O)c1ccc([N+](=O)[O-])cc1. The second kappa shape index (κ2) is 11.8. The maximum Gasteiger partial charge on any atom is 0.269 e. The van der Waals surface area contributed by atoms with Gasteiger partial charge in [0.2, 0.25) is 5.91 Å². The second-order valence-corrected chi connectivity index (χ2v) is 8.12. The number of hydrogen-bond acceptors (Lipinski definition) is 5. The van der Waals surface area contributed by atoms with Crippen molar-refractivity contribution in [3.63, 3.8) is 0 Å². The predicted octanol–water partition coefficient (Wildman–Crippen LogP) is 4.70. The highest BCUT2D eigenvalue weighted by Crippen LogP contribution is 2.17. The fraction of sp³-hybridized carbons (Fsp3) is 0.308. The zero-order chi connectivity index (χ0) is 24.5. The van der Waals surface area contributed by atoms with Gasteiger partial charge in [-0.25, -0.2) is 0 Å². The van der Waals surface area contributed by atoms with Crippen LogP contribution in [-0.2, 0) is 17.8 Å². The normalized spacial score (nSPS) is 11.6. The van der Waals surface area contributed by atoms with Crippen molar-refractivity contribution in [3.05, 3.63) is 100.0 Å². The van der Waals surface area contributed by atoms with Crippen molar-refractivity contribution in [1.29, 1.82) is 0 Å². The first kappa shape index (κ1) is 24.7. The minimum atomic E-state index is -0.510. The van der Waals surface area contributed by atoms with Crippen LogP contribution in [0.3, 0.4) is 0 Å². The van der Waals surface area contributed by atoms with E-state index in [-0.39, 0.29) is 30.1 Å². The molecule has 8 heteroatoms. The van der Waals surface area contributed by atoms with Crippen LogP contribution in [0.15, 0.2) is 77.4 Å². The van der Waals surface area contributed by atoms with Crippen LogP contribution in [-0.4, -0.2) is 45.7 Å². The lowest BCUT2D eigenvalue weighted by Crippen LogP contribution is -2.46. The van der Waals surface area contributed by atoms with E-state index in [0.717, 1.165) is 5.56 Å². The van der Waals surface area contributed by atoms with Crippen molar-refractivity contribution in [2.24, 2.45) is 0 Å². The Morgan fingerprint density at radius 2 is 1.74 bits per heavy atom. The van der Waals surface area contributed by atoms with Gasteiger partial charge in [0.15, 0.2) is 0 Å². The summed E-state index contributed by atoms with van der Waals surface area (Å²) in [5.41, 5.74) is 1.33. The lowest BCUT2D eigenvalue weighted by Gasteiger charge is -2.31. The number of nitro benzene ring substituents is 1. The number of furan rings is 1. The van der Waals surface area contributed by atoms with E-state index in [1.54, 1.807) is 17.2 Å². The van der Waals surface area contributed by atoms with Crippen LogP contribution < -0.4 is 0 Å². The summed E-state index contributed by atoms with van der Waals surface area (Å²) in [4.78, 5) is 40.3. The molecule has 178 valence electrons. The van der Waals surface area contributed by atoms with Gasteiger partial charge in [0.25, 0.3) is 11.6 Å². The number of benzene rings is 2. The summed E-state index contributed by atoms with van der Waals surface area (Å²) in [5.74, 6) is 0.139. The summed E-state index contributed by atoms with van der Waals surface area (Å²) in [7, 11) is 0. The van der Waals surface area contributed by atoms with Crippen LogP contribution in [0.25, 0.3) is 0 Å². The van der Waals surface area contributed by atoms with E-state index >= 15 is 0 Å². The van der Waals surface area contributed by atoms with Gasteiger partial charge in [0, 0.05) is 30.3 Å². The molecule has 0 bridgehead atoms. The quantitative estimate of drug-likeness (QED) is 0.303. The minimum absolute atomic E-state index is 0.0896. The monoisotopic (exact) mass is 463 g/mol. The van der Waals surface area contributed by atoms with E-state index in [0.29, 0.717) is 37.3 Å². The van der Waals surface area contributed by atoms with Gasteiger partial charge in [0.1, 0.15) is 12.3 Å². The molecule has 1 aromatic heterocycles. The Balaban J connectivity index is 1.77. The molecule has 0 spiro atoms. The molecule has 2 aromatic carbocycles. The highest BCUT2D eigenvalue weighted by atomic mass is 16.6. The van der Waals surface area contributed by atoms with Gasteiger partial charge in [-0.2, -0.15) is 0 Å². The Morgan fingerprint density at radius 1 is 1.03 bits per heavy atom. The van der Waals surface area contributed by atoms with Crippen molar-refractivity contribution in [1.82, 2.24) is 9.80 Å². The van der Waals surface area contributed by atoms with Gasteiger partial charge in [0.05, 0.1) is 17.7 Å². The van der Waals surface area contributed by atoms with E-state index in [4.69, 9.17) is 4.42 Å². The molecule has 0 radical (unpaired) electrons. The van der Waals surface area contributed by atoms with Crippen molar-refractivity contribution >= 4 is 17.5 Å². The molecule has 0 aliphatic rings. The average molecular weight is 464 g/mol. The largest absolute Gasteiger partial charge is 0.467 e. The fourth-order valence-corrected chi connectivity index (χ4v) is 3.58. The molecule has 0 saturated heterocycles. The van der Waals surface area contributed by atoms with Crippen LogP contribution >= 0.6 is 0 Å². The number of amides is 2. The molecule has 0 aliphatic carbocycles. The third-order valence-electron chi connectivity index (χ3n) is 5.81. The van der Waals surface area contributed by atoms with Crippen molar-refractivity contribution in [3.8, 4) is 0 Å². The number of non-ortho nitro benzene ring substituents is 1. The summed E-state index contributed by atoms with van der Waals surface area (Å²) >= 11 is 0. The highest BCUT2D eigenvalue weighted by Gasteiger charge is 2.26. The average Bonchev–Trinajstić information content (AvgIpc) is 3.38. The second-order valence-electron chi connectivity index (χ2n) is 8.12. The summed E-state index contributed by atoms with van der Waals surface area (Å²) in [6, 6.07) is 18.7. The van der Waals surface area contributed by atoms with E-state index in [2.05, 4.69) is 0 Å². The predicted molar refractivity (Wildman–Crippen MR) is 128 cm³/mol. The Morgan fingerprint density at radius 3 is 2.32 bits per heavy atom. The Hall–Kier alpha value is -3.94. The van der Waals surface area contributed by atoms with Crippen molar-refractivity contribution in [2.45, 2.75) is 39.3 Å². The number of carbonyl (C=O) groups is 2. The van der Waals surface area contributed by atoms with Gasteiger partial charge >= 0.3 is 0 Å². The molecule has 0 fully saturated rings. The molecule has 3 aromatic rings. The van der Waals surface area contributed by atoms with Gasteiger partial charge in [-0.05, 0) is 49.6 Å². The van der Waals surface area contributed by atoms with E-state index in [9.17, 15) is 19.7 Å². The molecule has 1 atom stereocenters. The van der Waals surface area contributed by atoms with Crippen LogP contribution in [0.4, 0.5) is 5.69 Å². The van der Waals surface area contributed by atoms with Crippen LogP contribution in [0, 0.1) is 10.1 Å². The summed E-state index contributed by atoms with van der Waals surface area (Å²) < 4.78 is 5.46. The molecule has 0 saturated carbocycles. The molecule has 2 amide bonds. The van der Waals surface area contributed by atoms with Gasteiger partial charge in [-0.3, -0.25) is 19.7 Å². The van der Waals surface area contributed by atoms with Crippen LogP contribution in [0.5, 0.6) is 0 Å². The van der Waals surface area contributed by atoms with Gasteiger partial charge in [-0.1, -0.05) is 37.3 Å². The van der Waals surface area contributed by atoms with Gasteiger partial charge in [-0.15, -0.1) is 0 Å². The van der Waals surface area contributed by atoms with Crippen LogP contribution in [0.2, 0.25) is 0 Å². The number of hydrogen-bond donors (Lipinski definition) is 0. The maximum atomic E-state index is 13.4. The number of nitrogens with zero attached hydrogens (tertiary/aromatic N) is 3. The zero-order valence-corrected chi connectivity index (χ0v) is 19.4. The minimum Gasteiger partial charge on any atom is -0.467 e. The standard InChI is InChI=1S/C26H29N3O5/c1-3-20(2)28(26(31)22-11-13-23(14-12-22)29(32)33)19-25(30)27(18-24-10-7-17-34-24)16-15-21-8-5-4-6-9-21/h4-14,17,20H,3,15-16,18-19H2,1-2H3. The summed E-state index contributed by atoms with van der Waals surface area (Å²) in [6.45, 7) is 4.52. The number of carbonyl (C=O) groups excluding carboxylic acids is 2. The van der Waals surface area contributed by atoms with E-state index in [1.807, 2.05) is 50.2 Å². The topological polar surface area (TPSA) is 96.9 Å². The molecule has 8 nitrogen and oxygen atoms in total. The van der Waals surface area contributed by atoms with Crippen molar-refractivity contribution in [2.75, 3.05) is 13.1 Å². The molecule has 1 heterocycles. The fourth-order valence-electron chi connectivity index (χ4n) is 3.58. The van der Waals surface area contributed by atoms with Crippen LogP contribution in [0.1, 0.15) is 41.9 Å². The van der Waals surface area contributed by atoms with E-state index in [1.165, 1.54) is 29.2 Å². The Labute approximate surface area is 198 Å². The smallest absolute Gasteiger partial charge is 0.269 e. The molecule has 0 N–H and O–H groups in total. The maximum absolute atomic E-state index is 13.4. The number of rotatable bonds is 11. The molecule has 0 aliphatic heterocycles. The first-order valence-corrected chi connectivity index (χ1v) is 11.3. The zero-order valence-electron chi connectivity index (χ0n) is 19.4. The van der Waals surface area contributed by atoms with Gasteiger partial charge < -0.3 is 14.2 Å². The third kappa shape index (κ3) is 6.54. The lowest BCUT2D eigenvalue weighted by atomic mass is 10.1. The summed E-state index contributed by atoms with van der Waals surface area (Å²) in [6.07, 6.45) is 2.90. The highest BCUT2D eigenvalue weighted by molar-refractivity contribution is 5.97. The molecule has 1 unspecified atom stereocenters. The first-order valence-electron chi connectivity index (χ1n) is 11.3. The Bertz CT molecular complexity index is 1080. The number of nitro groups is 1. The first-order chi connectivity index (χ1) is 16.4. The molecular weight excluding hydrogens is 434 g/mol. The van der Waals surface area contributed by atoms with E-state index < -0.39 is 4.92 Å². The van der Waals surface area contributed by atoms with Crippen molar-refractivity contribution < 1.29 is 18.9 Å². The molecule has 34 heavy (non-hydrogen) atoms. The molecule has 3 rings (SSSR count). The lowest BCUT2D eigenvalue weighted by molar-refractivity contribution is -0.384.